The van der Waals surface area contributed by atoms with Crippen LogP contribution in [-0.4, -0.2) is 34.7 Å². The number of nitrogens with zero attached hydrogens (tertiary/aromatic N) is 2. The van der Waals surface area contributed by atoms with Crippen LogP contribution in [0.5, 0.6) is 17.4 Å². The first-order valence-electron chi connectivity index (χ1n) is 10.7. The zero-order chi connectivity index (χ0) is 24.8. The molecule has 0 bridgehead atoms. The van der Waals surface area contributed by atoms with E-state index in [4.69, 9.17) is 9.47 Å². The minimum absolute atomic E-state index is 0.0862. The van der Waals surface area contributed by atoms with E-state index in [2.05, 4.69) is 15.3 Å². The molecule has 1 heterocycles. The third kappa shape index (κ3) is 5.09. The summed E-state index contributed by atoms with van der Waals surface area (Å²) in [6.07, 6.45) is 0. The number of para-hydroxylation sites is 2. The van der Waals surface area contributed by atoms with E-state index in [0.29, 0.717) is 22.9 Å². The van der Waals surface area contributed by atoms with Crippen molar-refractivity contribution in [3.63, 3.8) is 0 Å². The molecule has 0 amide bonds. The van der Waals surface area contributed by atoms with Gasteiger partial charge >= 0.3 is 5.69 Å². The number of aromatic hydroxyl groups is 1. The number of H-pyrrole nitrogens is 1. The van der Waals surface area contributed by atoms with E-state index < -0.39 is 17.1 Å². The van der Waals surface area contributed by atoms with Crippen LogP contribution in [0.25, 0.3) is 5.69 Å². The first-order valence-corrected chi connectivity index (χ1v) is 10.7. The number of amidine groups is 1. The van der Waals surface area contributed by atoms with Crippen molar-refractivity contribution in [1.82, 2.24) is 9.55 Å². The van der Waals surface area contributed by atoms with Crippen molar-refractivity contribution in [3.05, 3.63) is 111 Å². The lowest BCUT2D eigenvalue weighted by atomic mass is 10.2. The quantitative estimate of drug-likeness (QED) is 0.281. The summed E-state index contributed by atoms with van der Waals surface area (Å²) in [6, 6.07) is 22.9. The second-order valence-corrected chi connectivity index (χ2v) is 7.46. The first kappa shape index (κ1) is 23.4. The van der Waals surface area contributed by atoms with Crippen molar-refractivity contribution in [3.8, 4) is 23.1 Å². The van der Waals surface area contributed by atoms with Crippen molar-refractivity contribution in [2.45, 2.75) is 6.54 Å². The third-order valence-electron chi connectivity index (χ3n) is 5.29. The second kappa shape index (κ2) is 10.4. The van der Waals surface area contributed by atoms with Crippen molar-refractivity contribution < 1.29 is 14.6 Å². The lowest BCUT2D eigenvalue weighted by Crippen LogP contribution is -2.35. The zero-order valence-electron chi connectivity index (χ0n) is 19.2. The van der Waals surface area contributed by atoms with Gasteiger partial charge in [-0.15, -0.1) is 0 Å². The van der Waals surface area contributed by atoms with Crippen LogP contribution >= 0.6 is 0 Å². The van der Waals surface area contributed by atoms with Gasteiger partial charge in [-0.05, 0) is 42.5 Å². The Balaban J connectivity index is 1.86. The largest absolute Gasteiger partial charge is 0.497 e. The number of ether oxygens (including phenoxy) is 2. The standard InChI is InChI=1S/C26H24N4O5/c1-34-20-14-12-19(13-15-20)30-25(32)22(24(31)29-26(30)33)23(28-18-9-4-3-5-10-18)27-16-17-8-6-7-11-21(17)35-2/h3-15,32H,16H2,1-2H3,(H,27,28)(H,29,31,33). The summed E-state index contributed by atoms with van der Waals surface area (Å²) >= 11 is 0. The maximum Gasteiger partial charge on any atom is 0.335 e. The highest BCUT2D eigenvalue weighted by molar-refractivity contribution is 6.09. The second-order valence-electron chi connectivity index (χ2n) is 7.46. The Hall–Kier alpha value is -4.79. The molecule has 1 aromatic heterocycles. The van der Waals surface area contributed by atoms with Gasteiger partial charge in [-0.1, -0.05) is 36.4 Å². The maximum absolute atomic E-state index is 12.9. The number of hydrogen-bond donors (Lipinski definition) is 3. The number of methoxy groups -OCH3 is 2. The van der Waals surface area contributed by atoms with E-state index in [1.54, 1.807) is 43.5 Å². The molecule has 178 valence electrons. The van der Waals surface area contributed by atoms with Crippen LogP contribution < -0.4 is 26.0 Å². The van der Waals surface area contributed by atoms with Crippen LogP contribution in [0.1, 0.15) is 11.1 Å². The SMILES string of the molecule is COc1ccc(-n2c(O)c(C(=NCc3ccccc3OC)Nc3ccccc3)c(=O)[nH]c2=O)cc1. The number of aromatic nitrogens is 2. The van der Waals surface area contributed by atoms with Gasteiger partial charge in [-0.25, -0.2) is 9.36 Å². The molecule has 4 aromatic rings. The van der Waals surface area contributed by atoms with Gasteiger partial charge in [0.15, 0.2) is 0 Å². The van der Waals surface area contributed by atoms with Crippen molar-refractivity contribution in [1.29, 1.82) is 0 Å². The van der Waals surface area contributed by atoms with Gasteiger partial charge in [-0.2, -0.15) is 0 Å². The minimum atomic E-state index is -0.787. The number of aliphatic imine (C=N–C) groups is 1. The molecule has 35 heavy (non-hydrogen) atoms. The highest BCUT2D eigenvalue weighted by Gasteiger charge is 2.21. The summed E-state index contributed by atoms with van der Waals surface area (Å²) in [4.78, 5) is 32.4. The molecular weight excluding hydrogens is 448 g/mol. The first-order chi connectivity index (χ1) is 17.0. The molecule has 0 aliphatic rings. The molecule has 0 unspecified atom stereocenters. The fraction of sp³-hybridized carbons (Fsp3) is 0.115. The van der Waals surface area contributed by atoms with Gasteiger partial charge in [0.05, 0.1) is 26.5 Å². The third-order valence-corrected chi connectivity index (χ3v) is 5.29. The zero-order valence-corrected chi connectivity index (χ0v) is 19.2. The lowest BCUT2D eigenvalue weighted by Gasteiger charge is -2.15. The van der Waals surface area contributed by atoms with E-state index in [1.807, 2.05) is 42.5 Å². The van der Waals surface area contributed by atoms with Crippen LogP contribution in [0.4, 0.5) is 5.69 Å². The molecule has 0 radical (unpaired) electrons. The smallest absolute Gasteiger partial charge is 0.335 e. The van der Waals surface area contributed by atoms with Crippen molar-refractivity contribution in [2.24, 2.45) is 4.99 Å². The fourth-order valence-electron chi connectivity index (χ4n) is 3.55. The van der Waals surface area contributed by atoms with Gasteiger partial charge < -0.3 is 19.9 Å². The van der Waals surface area contributed by atoms with Crippen LogP contribution in [-0.2, 0) is 6.54 Å². The van der Waals surface area contributed by atoms with Gasteiger partial charge in [0, 0.05) is 11.3 Å². The molecule has 0 aliphatic heterocycles. The fourth-order valence-corrected chi connectivity index (χ4v) is 3.55. The molecular formula is C26H24N4O5. The van der Waals surface area contributed by atoms with E-state index >= 15 is 0 Å². The monoisotopic (exact) mass is 472 g/mol. The molecule has 0 saturated heterocycles. The Morgan fingerprint density at radius 2 is 1.63 bits per heavy atom. The Kier molecular flexibility index (Phi) is 6.96. The summed E-state index contributed by atoms with van der Waals surface area (Å²) in [5.74, 6) is 0.752. The Morgan fingerprint density at radius 1 is 0.943 bits per heavy atom. The van der Waals surface area contributed by atoms with Crippen molar-refractivity contribution >= 4 is 11.5 Å². The van der Waals surface area contributed by atoms with Gasteiger partial charge in [0.2, 0.25) is 5.88 Å². The molecule has 9 heteroatoms. The minimum Gasteiger partial charge on any atom is -0.497 e. The summed E-state index contributed by atoms with van der Waals surface area (Å²) in [5.41, 5.74) is 0.0208. The van der Waals surface area contributed by atoms with E-state index in [0.717, 1.165) is 10.1 Å². The average molecular weight is 473 g/mol. The normalized spacial score (nSPS) is 11.2. The van der Waals surface area contributed by atoms with Crippen LogP contribution in [0.3, 0.4) is 0 Å². The van der Waals surface area contributed by atoms with Crippen LogP contribution in [0, 0.1) is 0 Å². The molecule has 0 atom stereocenters. The molecule has 3 aromatic carbocycles. The predicted molar refractivity (Wildman–Crippen MR) is 134 cm³/mol. The Labute approximate surface area is 201 Å². The Morgan fingerprint density at radius 3 is 2.31 bits per heavy atom. The number of nitrogens with one attached hydrogen (secondary N) is 2. The van der Waals surface area contributed by atoms with Gasteiger partial charge in [0.25, 0.3) is 5.56 Å². The summed E-state index contributed by atoms with van der Waals surface area (Å²) in [7, 11) is 3.09. The number of rotatable bonds is 7. The number of benzene rings is 3. The summed E-state index contributed by atoms with van der Waals surface area (Å²) in [6.45, 7) is 0.153. The van der Waals surface area contributed by atoms with Crippen molar-refractivity contribution in [2.75, 3.05) is 19.5 Å². The summed E-state index contributed by atoms with van der Waals surface area (Å²) in [5, 5.41) is 14.2. The van der Waals surface area contributed by atoms with E-state index in [1.165, 1.54) is 7.11 Å². The average Bonchev–Trinajstić information content (AvgIpc) is 2.88. The highest BCUT2D eigenvalue weighted by atomic mass is 16.5. The van der Waals surface area contributed by atoms with E-state index in [9.17, 15) is 14.7 Å². The molecule has 3 N–H and O–H groups in total. The molecule has 0 fully saturated rings. The number of hydrogen-bond acceptors (Lipinski definition) is 6. The van der Waals surface area contributed by atoms with Crippen LogP contribution in [0.15, 0.2) is 93.4 Å². The predicted octanol–water partition coefficient (Wildman–Crippen LogP) is 3.31. The molecule has 0 spiro atoms. The van der Waals surface area contributed by atoms with Gasteiger partial charge in [-0.3, -0.25) is 14.8 Å². The Bertz CT molecular complexity index is 1460. The van der Waals surface area contributed by atoms with Crippen LogP contribution in [0.2, 0.25) is 0 Å². The molecule has 9 nitrogen and oxygen atoms in total. The maximum atomic E-state index is 12.9. The number of anilines is 1. The molecule has 0 saturated carbocycles. The summed E-state index contributed by atoms with van der Waals surface area (Å²) < 4.78 is 11.6. The lowest BCUT2D eigenvalue weighted by molar-refractivity contribution is 0.410. The van der Waals surface area contributed by atoms with Gasteiger partial charge in [0.1, 0.15) is 22.9 Å². The van der Waals surface area contributed by atoms with E-state index in [-0.39, 0.29) is 17.9 Å². The topological polar surface area (TPSA) is 118 Å². The molecule has 0 aliphatic carbocycles. The number of aromatic amines is 1. The highest BCUT2D eigenvalue weighted by Crippen LogP contribution is 2.22. The molecule has 4 rings (SSSR count).